The van der Waals surface area contributed by atoms with Crippen LogP contribution in [0.2, 0.25) is 0 Å². The maximum absolute atomic E-state index is 6.18. The summed E-state index contributed by atoms with van der Waals surface area (Å²) >= 11 is 3.53. The van der Waals surface area contributed by atoms with Crippen molar-refractivity contribution in [3.63, 3.8) is 0 Å². The van der Waals surface area contributed by atoms with Crippen molar-refractivity contribution >= 4 is 21.7 Å². The minimum atomic E-state index is 0.538. The minimum Gasteiger partial charge on any atom is -0.497 e. The van der Waals surface area contributed by atoms with Crippen LogP contribution >= 0.6 is 15.9 Å². The van der Waals surface area contributed by atoms with E-state index in [1.807, 2.05) is 24.5 Å². The number of anilines is 1. The van der Waals surface area contributed by atoms with E-state index in [9.17, 15) is 0 Å². The highest BCUT2D eigenvalue weighted by Gasteiger charge is 2.26. The van der Waals surface area contributed by atoms with E-state index in [2.05, 4.69) is 25.5 Å². The van der Waals surface area contributed by atoms with Crippen LogP contribution in [-0.4, -0.2) is 16.7 Å². The predicted molar refractivity (Wildman–Crippen MR) is 74.6 cm³/mol. The molecule has 0 radical (unpaired) electrons. The lowest BCUT2D eigenvalue weighted by molar-refractivity contribution is 0.415. The molecule has 2 aromatic rings. The van der Waals surface area contributed by atoms with E-state index in [-0.39, 0.29) is 0 Å². The Morgan fingerprint density at radius 1 is 1.44 bits per heavy atom. The molecule has 1 fully saturated rings. The van der Waals surface area contributed by atoms with Gasteiger partial charge in [0.15, 0.2) is 0 Å². The number of aromatic nitrogens is 2. The minimum absolute atomic E-state index is 0.538. The number of halogens is 1. The Morgan fingerprint density at radius 3 is 2.89 bits per heavy atom. The first-order valence-electron chi connectivity index (χ1n) is 5.87. The maximum Gasteiger partial charge on any atom is 0.131 e. The van der Waals surface area contributed by atoms with Crippen LogP contribution in [0.25, 0.3) is 11.3 Å². The summed E-state index contributed by atoms with van der Waals surface area (Å²) in [7, 11) is 1.65. The summed E-state index contributed by atoms with van der Waals surface area (Å²) in [6.07, 6.45) is 4.22. The molecule has 1 heterocycles. The van der Waals surface area contributed by atoms with Crippen LogP contribution in [0.3, 0.4) is 0 Å². The van der Waals surface area contributed by atoms with Crippen molar-refractivity contribution in [2.24, 2.45) is 0 Å². The molecule has 0 saturated heterocycles. The standard InChI is InChI=1S/C13H14BrN3O/c1-18-9-4-5-11(14)10(6-9)12-13(15)17(7-16-12)8-2-3-8/h4-8H,2-3,15H2,1H3. The molecule has 2 N–H and O–H groups in total. The number of nitrogens with zero attached hydrogens (tertiary/aromatic N) is 2. The van der Waals surface area contributed by atoms with E-state index in [1.54, 1.807) is 7.11 Å². The SMILES string of the molecule is COc1ccc(Br)c(-c2ncn(C3CC3)c2N)c1. The van der Waals surface area contributed by atoms with E-state index in [0.29, 0.717) is 6.04 Å². The zero-order valence-corrected chi connectivity index (χ0v) is 11.6. The maximum atomic E-state index is 6.18. The molecule has 0 atom stereocenters. The Morgan fingerprint density at radius 2 is 2.22 bits per heavy atom. The summed E-state index contributed by atoms with van der Waals surface area (Å²) < 4.78 is 8.27. The molecule has 5 heteroatoms. The van der Waals surface area contributed by atoms with Gasteiger partial charge in [-0.2, -0.15) is 0 Å². The van der Waals surface area contributed by atoms with Gasteiger partial charge in [0, 0.05) is 16.1 Å². The fraction of sp³-hybridized carbons (Fsp3) is 0.308. The molecule has 18 heavy (non-hydrogen) atoms. The van der Waals surface area contributed by atoms with E-state index >= 15 is 0 Å². The fourth-order valence-electron chi connectivity index (χ4n) is 2.03. The zero-order chi connectivity index (χ0) is 12.7. The Kier molecular flexibility index (Phi) is 2.78. The molecule has 0 bridgehead atoms. The second-order valence-electron chi connectivity index (χ2n) is 4.46. The van der Waals surface area contributed by atoms with Crippen LogP contribution in [0.5, 0.6) is 5.75 Å². The highest BCUT2D eigenvalue weighted by Crippen LogP contribution is 2.40. The van der Waals surface area contributed by atoms with Crippen LogP contribution in [0, 0.1) is 0 Å². The molecule has 94 valence electrons. The third-order valence-corrected chi connectivity index (χ3v) is 3.89. The molecule has 0 amide bonds. The van der Waals surface area contributed by atoms with Crippen LogP contribution in [0.1, 0.15) is 18.9 Å². The molecule has 1 aromatic carbocycles. The molecular weight excluding hydrogens is 294 g/mol. The Balaban J connectivity index is 2.08. The molecule has 4 nitrogen and oxygen atoms in total. The van der Waals surface area contributed by atoms with Gasteiger partial charge in [0.25, 0.3) is 0 Å². The molecule has 1 aliphatic rings. The number of benzene rings is 1. The van der Waals surface area contributed by atoms with Gasteiger partial charge in [0.1, 0.15) is 17.3 Å². The topological polar surface area (TPSA) is 53.1 Å². The Labute approximate surface area is 114 Å². The van der Waals surface area contributed by atoms with Crippen LogP contribution in [-0.2, 0) is 0 Å². The first-order chi connectivity index (χ1) is 8.70. The Bertz CT molecular complexity index is 590. The van der Waals surface area contributed by atoms with E-state index in [4.69, 9.17) is 10.5 Å². The second kappa shape index (κ2) is 4.31. The largest absolute Gasteiger partial charge is 0.497 e. The van der Waals surface area contributed by atoms with Crippen molar-refractivity contribution < 1.29 is 4.74 Å². The van der Waals surface area contributed by atoms with E-state index in [1.165, 1.54) is 12.8 Å². The summed E-state index contributed by atoms with van der Waals surface area (Å²) in [6, 6.07) is 6.33. The van der Waals surface area contributed by atoms with Gasteiger partial charge in [0.2, 0.25) is 0 Å². The van der Waals surface area contributed by atoms with Gasteiger partial charge in [-0.05, 0) is 31.0 Å². The zero-order valence-electron chi connectivity index (χ0n) is 10.1. The number of rotatable bonds is 3. The van der Waals surface area contributed by atoms with Gasteiger partial charge in [-0.1, -0.05) is 15.9 Å². The molecule has 1 aliphatic carbocycles. The first kappa shape index (κ1) is 11.6. The third-order valence-electron chi connectivity index (χ3n) is 3.20. The third kappa shape index (κ3) is 1.88. The van der Waals surface area contributed by atoms with Gasteiger partial charge in [0.05, 0.1) is 13.4 Å². The van der Waals surface area contributed by atoms with Gasteiger partial charge >= 0.3 is 0 Å². The van der Waals surface area contributed by atoms with Crippen LogP contribution < -0.4 is 10.5 Å². The quantitative estimate of drug-likeness (QED) is 0.947. The summed E-state index contributed by atoms with van der Waals surface area (Å²) in [5.41, 5.74) is 7.95. The number of nitrogens with two attached hydrogens (primary N) is 1. The number of hydrogen-bond donors (Lipinski definition) is 1. The average molecular weight is 308 g/mol. The van der Waals surface area contributed by atoms with Gasteiger partial charge in [-0.25, -0.2) is 4.98 Å². The molecular formula is C13H14BrN3O. The number of hydrogen-bond acceptors (Lipinski definition) is 3. The Hall–Kier alpha value is -1.49. The molecule has 0 unspecified atom stereocenters. The molecule has 0 spiro atoms. The summed E-state index contributed by atoms with van der Waals surface area (Å²) in [5.74, 6) is 1.53. The molecule has 1 saturated carbocycles. The van der Waals surface area contributed by atoms with Crippen molar-refractivity contribution in [3.05, 3.63) is 29.0 Å². The van der Waals surface area contributed by atoms with Crippen molar-refractivity contribution in [1.29, 1.82) is 0 Å². The number of methoxy groups -OCH3 is 1. The van der Waals surface area contributed by atoms with Crippen molar-refractivity contribution in [2.75, 3.05) is 12.8 Å². The lowest BCUT2D eigenvalue weighted by Gasteiger charge is -2.07. The number of ether oxygens (including phenoxy) is 1. The summed E-state index contributed by atoms with van der Waals surface area (Å²) in [4.78, 5) is 4.44. The lowest BCUT2D eigenvalue weighted by Crippen LogP contribution is -1.99. The van der Waals surface area contributed by atoms with Crippen molar-refractivity contribution in [1.82, 2.24) is 9.55 Å². The van der Waals surface area contributed by atoms with Gasteiger partial charge < -0.3 is 15.0 Å². The normalized spacial score (nSPS) is 14.8. The number of nitrogen functional groups attached to an aromatic ring is 1. The summed E-state index contributed by atoms with van der Waals surface area (Å²) in [5, 5.41) is 0. The fourth-order valence-corrected chi connectivity index (χ4v) is 2.47. The van der Waals surface area contributed by atoms with Crippen LogP contribution in [0.4, 0.5) is 5.82 Å². The number of imidazole rings is 1. The molecule has 1 aromatic heterocycles. The second-order valence-corrected chi connectivity index (χ2v) is 5.32. The predicted octanol–water partition coefficient (Wildman–Crippen LogP) is 3.24. The smallest absolute Gasteiger partial charge is 0.131 e. The van der Waals surface area contributed by atoms with Crippen molar-refractivity contribution in [2.45, 2.75) is 18.9 Å². The first-order valence-corrected chi connectivity index (χ1v) is 6.66. The molecule has 0 aliphatic heterocycles. The van der Waals surface area contributed by atoms with E-state index in [0.717, 1.165) is 27.3 Å². The van der Waals surface area contributed by atoms with Crippen LogP contribution in [0.15, 0.2) is 29.0 Å². The van der Waals surface area contributed by atoms with Gasteiger partial charge in [-0.15, -0.1) is 0 Å². The lowest BCUT2D eigenvalue weighted by atomic mass is 10.1. The highest BCUT2D eigenvalue weighted by atomic mass is 79.9. The van der Waals surface area contributed by atoms with Crippen molar-refractivity contribution in [3.8, 4) is 17.0 Å². The summed E-state index contributed by atoms with van der Waals surface area (Å²) in [6.45, 7) is 0. The van der Waals surface area contributed by atoms with E-state index < -0.39 is 0 Å². The monoisotopic (exact) mass is 307 g/mol. The highest BCUT2D eigenvalue weighted by molar-refractivity contribution is 9.10. The van der Waals surface area contributed by atoms with Gasteiger partial charge in [-0.3, -0.25) is 0 Å². The molecule has 3 rings (SSSR count). The average Bonchev–Trinajstić information content (AvgIpc) is 3.14.